The molecule has 0 aromatic carbocycles. The third-order valence-corrected chi connectivity index (χ3v) is 6.64. The fourth-order valence-electron chi connectivity index (χ4n) is 3.26. The van der Waals surface area contributed by atoms with E-state index in [1.807, 2.05) is 48.9 Å². The topological polar surface area (TPSA) is 103 Å². The number of carbonyl (C=O) groups is 1. The number of furan rings is 1. The molecule has 0 radical (unpaired) electrons. The molecule has 0 unspecified atom stereocenters. The zero-order valence-electron chi connectivity index (χ0n) is 18.1. The van der Waals surface area contributed by atoms with Crippen molar-refractivity contribution in [2.45, 2.75) is 45.4 Å². The maximum Gasteiger partial charge on any atom is 0.257 e. The minimum absolute atomic E-state index is 0.0144. The summed E-state index contributed by atoms with van der Waals surface area (Å²) in [4.78, 5) is 15.6. The molecule has 4 heterocycles. The molecule has 32 heavy (non-hydrogen) atoms. The van der Waals surface area contributed by atoms with Crippen LogP contribution in [0.1, 0.15) is 31.9 Å². The zero-order chi connectivity index (χ0) is 22.5. The standard InChI is InChI=1S/C21H24N6O3S2/c1-4-9-26(12-17-22-24-20(30-17)16-7-6-11-31-16)18(28)13-32-21-25-23-19(27(21)5-2)15-8-10-29-14(15)3/h6-8,10-11H,4-5,9,12-13H2,1-3H3. The maximum atomic E-state index is 13.0. The fourth-order valence-corrected chi connectivity index (χ4v) is 4.81. The van der Waals surface area contributed by atoms with E-state index in [2.05, 4.69) is 20.4 Å². The van der Waals surface area contributed by atoms with Gasteiger partial charge in [-0.3, -0.25) is 4.79 Å². The van der Waals surface area contributed by atoms with Gasteiger partial charge in [0.2, 0.25) is 11.8 Å². The highest BCUT2D eigenvalue weighted by atomic mass is 32.2. The minimum atomic E-state index is -0.0144. The van der Waals surface area contributed by atoms with Crippen molar-refractivity contribution in [1.82, 2.24) is 29.9 Å². The minimum Gasteiger partial charge on any atom is -0.469 e. The monoisotopic (exact) mass is 472 g/mol. The second kappa shape index (κ2) is 10.1. The summed E-state index contributed by atoms with van der Waals surface area (Å²) in [7, 11) is 0. The van der Waals surface area contributed by atoms with Crippen molar-refractivity contribution in [1.29, 1.82) is 0 Å². The Balaban J connectivity index is 1.43. The molecule has 4 aromatic rings. The lowest BCUT2D eigenvalue weighted by Gasteiger charge is -2.20. The van der Waals surface area contributed by atoms with Crippen LogP contribution in [0.2, 0.25) is 0 Å². The van der Waals surface area contributed by atoms with Crippen molar-refractivity contribution >= 4 is 29.0 Å². The zero-order valence-corrected chi connectivity index (χ0v) is 19.8. The number of hydrogen-bond acceptors (Lipinski definition) is 9. The smallest absolute Gasteiger partial charge is 0.257 e. The maximum absolute atomic E-state index is 13.0. The average Bonchev–Trinajstić information content (AvgIpc) is 3.58. The van der Waals surface area contributed by atoms with Crippen LogP contribution in [0.15, 0.2) is 43.8 Å². The van der Waals surface area contributed by atoms with Crippen LogP contribution in [0.5, 0.6) is 0 Å². The SMILES string of the molecule is CCCN(Cc1nnc(-c2cccs2)o1)C(=O)CSc1nnc(-c2ccoc2C)n1CC. The summed E-state index contributed by atoms with van der Waals surface area (Å²) < 4.78 is 13.2. The lowest BCUT2D eigenvalue weighted by Crippen LogP contribution is -2.33. The van der Waals surface area contributed by atoms with Gasteiger partial charge in [-0.15, -0.1) is 31.7 Å². The van der Waals surface area contributed by atoms with Gasteiger partial charge >= 0.3 is 0 Å². The number of amides is 1. The second-order valence-corrected chi connectivity index (χ2v) is 8.91. The molecule has 0 atom stereocenters. The normalized spacial score (nSPS) is 11.2. The highest BCUT2D eigenvalue weighted by Crippen LogP contribution is 2.27. The Bertz CT molecular complexity index is 1160. The molecule has 9 nitrogen and oxygen atoms in total. The van der Waals surface area contributed by atoms with Crippen molar-refractivity contribution in [3.63, 3.8) is 0 Å². The third kappa shape index (κ3) is 4.78. The second-order valence-electron chi connectivity index (χ2n) is 7.02. The van der Waals surface area contributed by atoms with E-state index in [1.54, 1.807) is 11.2 Å². The number of thioether (sulfide) groups is 1. The molecular weight excluding hydrogens is 448 g/mol. The summed E-state index contributed by atoms with van der Waals surface area (Å²) in [6, 6.07) is 5.74. The van der Waals surface area contributed by atoms with Gasteiger partial charge < -0.3 is 18.3 Å². The van der Waals surface area contributed by atoms with E-state index < -0.39 is 0 Å². The molecule has 0 fully saturated rings. The Morgan fingerprint density at radius 1 is 1.22 bits per heavy atom. The summed E-state index contributed by atoms with van der Waals surface area (Å²) in [5.41, 5.74) is 0.906. The number of thiophene rings is 1. The van der Waals surface area contributed by atoms with E-state index in [9.17, 15) is 4.79 Å². The lowest BCUT2D eigenvalue weighted by atomic mass is 10.2. The van der Waals surface area contributed by atoms with Crippen molar-refractivity contribution < 1.29 is 13.6 Å². The van der Waals surface area contributed by atoms with Crippen molar-refractivity contribution in [3.8, 4) is 22.2 Å². The molecule has 0 aliphatic carbocycles. The van der Waals surface area contributed by atoms with Crippen molar-refractivity contribution in [3.05, 3.63) is 41.5 Å². The highest BCUT2D eigenvalue weighted by Gasteiger charge is 2.21. The van der Waals surface area contributed by atoms with Crippen molar-refractivity contribution in [2.24, 2.45) is 0 Å². The first kappa shape index (κ1) is 22.3. The van der Waals surface area contributed by atoms with Gasteiger partial charge in [0.1, 0.15) is 5.76 Å². The Hall–Kier alpha value is -2.92. The molecule has 168 valence electrons. The molecule has 4 aromatic heterocycles. The first-order valence-electron chi connectivity index (χ1n) is 10.3. The summed E-state index contributed by atoms with van der Waals surface area (Å²) in [5.74, 6) is 2.66. The van der Waals surface area contributed by atoms with Crippen LogP contribution in [0.3, 0.4) is 0 Å². The van der Waals surface area contributed by atoms with E-state index in [4.69, 9.17) is 8.83 Å². The molecule has 4 rings (SSSR count). The van der Waals surface area contributed by atoms with Crippen LogP contribution >= 0.6 is 23.1 Å². The number of hydrogen-bond donors (Lipinski definition) is 0. The van der Waals surface area contributed by atoms with Crippen LogP contribution in [0.4, 0.5) is 0 Å². The highest BCUT2D eigenvalue weighted by molar-refractivity contribution is 7.99. The number of carbonyl (C=O) groups excluding carboxylic acids is 1. The Morgan fingerprint density at radius 2 is 2.09 bits per heavy atom. The van der Waals surface area contributed by atoms with Gasteiger partial charge in [-0.2, -0.15) is 0 Å². The van der Waals surface area contributed by atoms with Crippen LogP contribution in [0.25, 0.3) is 22.2 Å². The van der Waals surface area contributed by atoms with E-state index in [0.29, 0.717) is 30.0 Å². The predicted molar refractivity (Wildman–Crippen MR) is 122 cm³/mol. The average molecular weight is 473 g/mol. The van der Waals surface area contributed by atoms with Crippen LogP contribution in [0, 0.1) is 6.92 Å². The molecule has 0 bridgehead atoms. The molecule has 0 spiro atoms. The largest absolute Gasteiger partial charge is 0.469 e. The molecule has 0 saturated heterocycles. The first-order valence-corrected chi connectivity index (χ1v) is 12.2. The molecule has 0 aliphatic heterocycles. The fraction of sp³-hybridized carbons (Fsp3) is 0.381. The predicted octanol–water partition coefficient (Wildman–Crippen LogP) is 4.51. The van der Waals surface area contributed by atoms with Gasteiger partial charge in [-0.25, -0.2) is 0 Å². The quantitative estimate of drug-likeness (QED) is 0.311. The first-order chi connectivity index (χ1) is 15.6. The summed E-state index contributed by atoms with van der Waals surface area (Å²) in [6.45, 7) is 7.53. The Labute approximate surface area is 193 Å². The van der Waals surface area contributed by atoms with Crippen molar-refractivity contribution in [2.75, 3.05) is 12.3 Å². The van der Waals surface area contributed by atoms with E-state index >= 15 is 0 Å². The Morgan fingerprint density at radius 3 is 2.78 bits per heavy atom. The molecule has 1 amide bonds. The number of aromatic nitrogens is 5. The van der Waals surface area contributed by atoms with Crippen LogP contribution in [-0.4, -0.2) is 48.1 Å². The summed E-state index contributed by atoms with van der Waals surface area (Å²) in [5, 5.41) is 19.5. The molecule has 11 heteroatoms. The van der Waals surface area contributed by atoms with E-state index in [1.165, 1.54) is 23.1 Å². The number of nitrogens with zero attached hydrogens (tertiary/aromatic N) is 6. The van der Waals surface area contributed by atoms with E-state index in [-0.39, 0.29) is 18.2 Å². The number of rotatable bonds is 10. The molecule has 0 N–H and O–H groups in total. The van der Waals surface area contributed by atoms with Gasteiger partial charge in [0.15, 0.2) is 11.0 Å². The van der Waals surface area contributed by atoms with Crippen LogP contribution in [-0.2, 0) is 17.9 Å². The summed E-state index contributed by atoms with van der Waals surface area (Å²) >= 11 is 2.91. The van der Waals surface area contributed by atoms with Gasteiger partial charge in [-0.05, 0) is 37.8 Å². The molecule has 0 aliphatic rings. The summed E-state index contributed by atoms with van der Waals surface area (Å²) in [6.07, 6.45) is 2.47. The Kier molecular flexibility index (Phi) is 7.05. The molecular formula is C21H24N6O3S2. The number of aryl methyl sites for hydroxylation is 1. The van der Waals surface area contributed by atoms with Gasteiger partial charge in [0, 0.05) is 13.1 Å². The lowest BCUT2D eigenvalue weighted by molar-refractivity contribution is -0.129. The third-order valence-electron chi connectivity index (χ3n) is 4.83. The van der Waals surface area contributed by atoms with Crippen LogP contribution < -0.4 is 0 Å². The van der Waals surface area contributed by atoms with Gasteiger partial charge in [0.05, 0.1) is 29.0 Å². The molecule has 0 saturated carbocycles. The van der Waals surface area contributed by atoms with Gasteiger partial charge in [-0.1, -0.05) is 24.8 Å². The van der Waals surface area contributed by atoms with E-state index in [0.717, 1.165) is 28.4 Å². The van der Waals surface area contributed by atoms with Gasteiger partial charge in [0.25, 0.3) is 5.89 Å².